The predicted molar refractivity (Wildman–Crippen MR) is 47.1 cm³/mol. The summed E-state index contributed by atoms with van der Waals surface area (Å²) < 4.78 is 30.2. The van der Waals surface area contributed by atoms with Gasteiger partial charge in [-0.3, -0.25) is 4.55 Å². The molecule has 0 unspecified atom stereocenters. The normalized spacial score (nSPS) is 11.5. The molecule has 4 N–H and O–H groups in total. The highest BCUT2D eigenvalue weighted by molar-refractivity contribution is 7.85. The van der Waals surface area contributed by atoms with Gasteiger partial charge in [-0.1, -0.05) is 0 Å². The Labute approximate surface area is 75.6 Å². The zero-order valence-electron chi connectivity index (χ0n) is 6.85. The molecule has 1 rings (SSSR count). The van der Waals surface area contributed by atoms with Gasteiger partial charge in [-0.15, -0.1) is 0 Å². The molecule has 0 aromatic heterocycles. The molecule has 0 heterocycles. The van der Waals surface area contributed by atoms with Gasteiger partial charge < -0.3 is 10.8 Å². The number of benzene rings is 1. The zero-order valence-corrected chi connectivity index (χ0v) is 7.67. The summed E-state index contributed by atoms with van der Waals surface area (Å²) in [5.41, 5.74) is 5.45. The van der Waals surface area contributed by atoms with Crippen LogP contribution in [-0.4, -0.2) is 18.1 Å². The summed E-state index contributed by atoms with van der Waals surface area (Å²) in [6.45, 7) is 1.40. The molecule has 0 aliphatic carbocycles. The minimum Gasteiger partial charge on any atom is -0.506 e. The number of aromatic hydroxyl groups is 1. The predicted octanol–water partition coefficient (Wildman–Crippen LogP) is 0.530. The maximum atomic E-state index is 10.7. The molecule has 72 valence electrons. The van der Waals surface area contributed by atoms with E-state index in [0.717, 1.165) is 12.1 Å². The van der Waals surface area contributed by atoms with E-state index in [-0.39, 0.29) is 21.9 Å². The Hall–Kier alpha value is -1.27. The van der Waals surface area contributed by atoms with Crippen molar-refractivity contribution in [2.24, 2.45) is 0 Å². The van der Waals surface area contributed by atoms with E-state index in [0.29, 0.717) is 0 Å². The molecular weight excluding hydrogens is 194 g/mol. The number of anilines is 1. The maximum Gasteiger partial charge on any atom is 0.294 e. The first-order valence-corrected chi connectivity index (χ1v) is 4.83. The molecule has 5 nitrogen and oxygen atoms in total. The third-order valence-corrected chi connectivity index (χ3v) is 2.72. The van der Waals surface area contributed by atoms with Crippen molar-refractivity contribution in [1.29, 1.82) is 0 Å². The van der Waals surface area contributed by atoms with Crippen molar-refractivity contribution in [2.45, 2.75) is 11.8 Å². The molecule has 0 aliphatic heterocycles. The van der Waals surface area contributed by atoms with Crippen LogP contribution in [0.15, 0.2) is 17.0 Å². The van der Waals surface area contributed by atoms with Gasteiger partial charge in [0.15, 0.2) is 0 Å². The minimum absolute atomic E-state index is 0.0462. The van der Waals surface area contributed by atoms with Gasteiger partial charge in [-0.25, -0.2) is 0 Å². The molecule has 0 radical (unpaired) electrons. The van der Waals surface area contributed by atoms with Gasteiger partial charge >= 0.3 is 0 Å². The van der Waals surface area contributed by atoms with Crippen LogP contribution in [0.2, 0.25) is 0 Å². The van der Waals surface area contributed by atoms with Crippen molar-refractivity contribution < 1.29 is 18.1 Å². The topological polar surface area (TPSA) is 101 Å². The fraction of sp³-hybridized carbons (Fsp3) is 0.143. The van der Waals surface area contributed by atoms with Gasteiger partial charge in [0, 0.05) is 0 Å². The third-order valence-electron chi connectivity index (χ3n) is 1.72. The van der Waals surface area contributed by atoms with E-state index in [1.54, 1.807) is 0 Å². The largest absolute Gasteiger partial charge is 0.506 e. The molecule has 13 heavy (non-hydrogen) atoms. The van der Waals surface area contributed by atoms with E-state index in [4.69, 9.17) is 15.4 Å². The van der Waals surface area contributed by atoms with Crippen LogP contribution < -0.4 is 5.73 Å². The van der Waals surface area contributed by atoms with Crippen LogP contribution in [0.1, 0.15) is 5.56 Å². The Bertz CT molecular complexity index is 438. The summed E-state index contributed by atoms with van der Waals surface area (Å²) in [5.74, 6) is -0.204. The molecular formula is C7H9NO4S. The van der Waals surface area contributed by atoms with Gasteiger partial charge in [-0.05, 0) is 24.6 Å². The van der Waals surface area contributed by atoms with Crippen LogP contribution in [-0.2, 0) is 10.1 Å². The van der Waals surface area contributed by atoms with Crippen LogP contribution in [0, 0.1) is 6.92 Å². The molecule has 0 bridgehead atoms. The van der Waals surface area contributed by atoms with Crippen molar-refractivity contribution >= 4 is 15.8 Å². The van der Waals surface area contributed by atoms with Crippen LogP contribution in [0.25, 0.3) is 0 Å². The quantitative estimate of drug-likeness (QED) is 0.351. The average molecular weight is 203 g/mol. The molecule has 1 aromatic rings. The van der Waals surface area contributed by atoms with Gasteiger partial charge in [-0.2, -0.15) is 8.42 Å². The van der Waals surface area contributed by atoms with E-state index in [2.05, 4.69) is 0 Å². The van der Waals surface area contributed by atoms with Crippen LogP contribution in [0.4, 0.5) is 5.69 Å². The summed E-state index contributed by atoms with van der Waals surface area (Å²) in [6.07, 6.45) is 0. The summed E-state index contributed by atoms with van der Waals surface area (Å²) in [5, 5.41) is 9.09. The summed E-state index contributed by atoms with van der Waals surface area (Å²) in [7, 11) is -4.26. The lowest BCUT2D eigenvalue weighted by Gasteiger charge is -2.06. The highest BCUT2D eigenvalue weighted by Crippen LogP contribution is 2.28. The van der Waals surface area contributed by atoms with Crippen LogP contribution in [0.5, 0.6) is 5.75 Å². The Morgan fingerprint density at radius 2 is 1.92 bits per heavy atom. The number of hydrogen-bond acceptors (Lipinski definition) is 4. The molecule has 0 aliphatic rings. The Morgan fingerprint density at radius 3 is 2.38 bits per heavy atom. The number of nitrogens with two attached hydrogens (primary N) is 1. The standard InChI is InChI=1S/C7H9NO4S/c1-4-6(13(10,11)12)3-2-5(9)7(4)8/h2-3,9H,8H2,1H3,(H,10,11,12). The minimum atomic E-state index is -4.26. The average Bonchev–Trinajstić information content (AvgIpc) is 1.98. The smallest absolute Gasteiger partial charge is 0.294 e. The fourth-order valence-corrected chi connectivity index (χ4v) is 1.71. The van der Waals surface area contributed by atoms with Gasteiger partial charge in [0.1, 0.15) is 5.75 Å². The molecule has 0 saturated heterocycles. The van der Waals surface area contributed by atoms with Crippen molar-refractivity contribution in [3.8, 4) is 5.75 Å². The van der Waals surface area contributed by atoms with Crippen LogP contribution in [0.3, 0.4) is 0 Å². The molecule has 0 fully saturated rings. The van der Waals surface area contributed by atoms with Crippen molar-refractivity contribution in [3.63, 3.8) is 0 Å². The lowest BCUT2D eigenvalue weighted by atomic mass is 10.2. The maximum absolute atomic E-state index is 10.7. The molecule has 0 atom stereocenters. The highest BCUT2D eigenvalue weighted by atomic mass is 32.2. The molecule has 0 amide bonds. The van der Waals surface area contributed by atoms with E-state index >= 15 is 0 Å². The second-order valence-electron chi connectivity index (χ2n) is 2.60. The first-order valence-electron chi connectivity index (χ1n) is 3.39. The van der Waals surface area contributed by atoms with E-state index < -0.39 is 10.1 Å². The van der Waals surface area contributed by atoms with E-state index in [1.807, 2.05) is 0 Å². The Kier molecular flexibility index (Phi) is 2.19. The van der Waals surface area contributed by atoms with Gasteiger partial charge in [0.25, 0.3) is 10.1 Å². The SMILES string of the molecule is Cc1c(S(=O)(=O)O)ccc(O)c1N. The Morgan fingerprint density at radius 1 is 1.38 bits per heavy atom. The summed E-state index contributed by atoms with van der Waals surface area (Å²) in [4.78, 5) is -0.289. The third kappa shape index (κ3) is 1.73. The van der Waals surface area contributed by atoms with E-state index in [9.17, 15) is 8.42 Å². The second kappa shape index (κ2) is 2.90. The number of nitrogen functional groups attached to an aromatic ring is 1. The first-order chi connectivity index (χ1) is 5.84. The molecule has 0 spiro atoms. The number of phenolic OH excluding ortho intramolecular Hbond substituents is 1. The van der Waals surface area contributed by atoms with Gasteiger partial charge in [0.05, 0.1) is 10.6 Å². The second-order valence-corrected chi connectivity index (χ2v) is 3.99. The molecule has 1 aromatic carbocycles. The van der Waals surface area contributed by atoms with Gasteiger partial charge in [0.2, 0.25) is 0 Å². The number of rotatable bonds is 1. The monoisotopic (exact) mass is 203 g/mol. The Balaban J connectivity index is 3.53. The number of hydrogen-bond donors (Lipinski definition) is 3. The lowest BCUT2D eigenvalue weighted by Crippen LogP contribution is -2.03. The zero-order chi connectivity index (χ0) is 10.2. The van der Waals surface area contributed by atoms with Crippen molar-refractivity contribution in [1.82, 2.24) is 0 Å². The summed E-state index contributed by atoms with van der Waals surface area (Å²) in [6, 6.07) is 2.21. The number of phenols is 1. The lowest BCUT2D eigenvalue weighted by molar-refractivity contribution is 0.474. The van der Waals surface area contributed by atoms with Crippen LogP contribution >= 0.6 is 0 Å². The molecule has 0 saturated carbocycles. The van der Waals surface area contributed by atoms with Crippen molar-refractivity contribution in [3.05, 3.63) is 17.7 Å². The first kappa shape index (κ1) is 9.82. The van der Waals surface area contributed by atoms with Crippen molar-refractivity contribution in [2.75, 3.05) is 5.73 Å². The highest BCUT2D eigenvalue weighted by Gasteiger charge is 2.16. The fourth-order valence-electron chi connectivity index (χ4n) is 0.974. The summed E-state index contributed by atoms with van der Waals surface area (Å²) >= 11 is 0. The van der Waals surface area contributed by atoms with E-state index in [1.165, 1.54) is 6.92 Å². The molecule has 6 heteroatoms.